The zero-order valence-corrected chi connectivity index (χ0v) is 8.93. The summed E-state index contributed by atoms with van der Waals surface area (Å²) < 4.78 is 0. The lowest BCUT2D eigenvalue weighted by atomic mass is 10.2. The summed E-state index contributed by atoms with van der Waals surface area (Å²) >= 11 is 0. The van der Waals surface area contributed by atoms with Gasteiger partial charge in [-0.15, -0.1) is 0 Å². The molecule has 16 heavy (non-hydrogen) atoms. The molecule has 88 valence electrons. The zero-order chi connectivity index (χ0) is 12.0. The van der Waals surface area contributed by atoms with Crippen LogP contribution in [0.1, 0.15) is 5.56 Å². The molecule has 0 aliphatic carbocycles. The van der Waals surface area contributed by atoms with Gasteiger partial charge < -0.3 is 20.8 Å². The van der Waals surface area contributed by atoms with E-state index in [0.29, 0.717) is 24.5 Å². The Bertz CT molecular complexity index is 350. The Labute approximate surface area is 93.8 Å². The summed E-state index contributed by atoms with van der Waals surface area (Å²) in [6, 6.07) is 3.30. The van der Waals surface area contributed by atoms with Crippen molar-refractivity contribution in [3.63, 3.8) is 0 Å². The van der Waals surface area contributed by atoms with E-state index in [2.05, 4.69) is 4.98 Å². The van der Waals surface area contributed by atoms with E-state index in [1.807, 2.05) is 0 Å². The minimum atomic E-state index is -0.0309. The molecule has 0 aliphatic heterocycles. The molecule has 0 saturated heterocycles. The third kappa shape index (κ3) is 3.18. The van der Waals surface area contributed by atoms with Crippen LogP contribution < -0.4 is 10.6 Å². The van der Waals surface area contributed by atoms with Gasteiger partial charge in [-0.1, -0.05) is 0 Å². The molecule has 0 saturated carbocycles. The van der Waals surface area contributed by atoms with Crippen molar-refractivity contribution < 1.29 is 10.2 Å². The molecule has 1 aromatic heterocycles. The number of amidine groups is 1. The van der Waals surface area contributed by atoms with Crippen molar-refractivity contribution in [3.8, 4) is 0 Å². The summed E-state index contributed by atoms with van der Waals surface area (Å²) in [7, 11) is 0. The number of hydrogen-bond donors (Lipinski definition) is 4. The first-order valence-corrected chi connectivity index (χ1v) is 4.96. The molecule has 0 spiro atoms. The molecule has 5 N–H and O–H groups in total. The largest absolute Gasteiger partial charge is 0.395 e. The predicted molar refractivity (Wildman–Crippen MR) is 61.6 cm³/mol. The van der Waals surface area contributed by atoms with Crippen molar-refractivity contribution >= 4 is 11.7 Å². The molecule has 0 amide bonds. The normalized spacial score (nSPS) is 10.1. The van der Waals surface area contributed by atoms with Crippen LogP contribution in [0, 0.1) is 5.41 Å². The fraction of sp³-hybridized carbons (Fsp3) is 0.400. The number of aromatic nitrogens is 1. The van der Waals surface area contributed by atoms with E-state index in [1.165, 1.54) is 0 Å². The van der Waals surface area contributed by atoms with Crippen LogP contribution in [0.25, 0.3) is 0 Å². The molecule has 1 rings (SSSR count). The molecule has 0 fully saturated rings. The lowest BCUT2D eigenvalue weighted by Gasteiger charge is -2.21. The molecule has 6 heteroatoms. The summed E-state index contributed by atoms with van der Waals surface area (Å²) in [6.45, 7) is 0.724. The molecule has 1 heterocycles. The standard InChI is InChI=1S/C10H16N4O2/c11-10(12)8-1-2-13-9(7-8)14(3-5-15)4-6-16/h1-2,7,15-16H,3-6H2,(H3,11,12). The third-order valence-corrected chi connectivity index (χ3v) is 2.12. The average Bonchev–Trinajstić information content (AvgIpc) is 2.29. The smallest absolute Gasteiger partial charge is 0.129 e. The second-order valence-corrected chi connectivity index (χ2v) is 3.25. The number of rotatable bonds is 6. The van der Waals surface area contributed by atoms with Crippen LogP contribution in [-0.2, 0) is 0 Å². The maximum atomic E-state index is 8.89. The number of nitrogens with two attached hydrogens (primary N) is 1. The summed E-state index contributed by atoms with van der Waals surface area (Å²) in [6.07, 6.45) is 1.55. The van der Waals surface area contributed by atoms with E-state index in [4.69, 9.17) is 21.4 Å². The highest BCUT2D eigenvalue weighted by molar-refractivity contribution is 5.95. The first kappa shape index (κ1) is 12.4. The van der Waals surface area contributed by atoms with E-state index >= 15 is 0 Å². The van der Waals surface area contributed by atoms with Gasteiger partial charge in [-0.05, 0) is 12.1 Å². The molecule has 0 aliphatic rings. The van der Waals surface area contributed by atoms with E-state index in [9.17, 15) is 0 Å². The average molecular weight is 224 g/mol. The van der Waals surface area contributed by atoms with Crippen molar-refractivity contribution in [1.82, 2.24) is 4.98 Å². The van der Waals surface area contributed by atoms with Crippen molar-refractivity contribution in [2.24, 2.45) is 5.73 Å². The van der Waals surface area contributed by atoms with Gasteiger partial charge in [0.05, 0.1) is 13.2 Å². The fourth-order valence-electron chi connectivity index (χ4n) is 1.34. The van der Waals surface area contributed by atoms with Gasteiger partial charge in [0.15, 0.2) is 0 Å². The molecule has 1 aromatic rings. The second kappa shape index (κ2) is 6.04. The van der Waals surface area contributed by atoms with Gasteiger partial charge in [0.1, 0.15) is 11.7 Å². The van der Waals surface area contributed by atoms with Crippen molar-refractivity contribution in [1.29, 1.82) is 5.41 Å². The van der Waals surface area contributed by atoms with Crippen molar-refractivity contribution in [2.45, 2.75) is 0 Å². The molecule has 6 nitrogen and oxygen atoms in total. The van der Waals surface area contributed by atoms with Crippen LogP contribution in [0.2, 0.25) is 0 Å². The monoisotopic (exact) mass is 224 g/mol. The van der Waals surface area contributed by atoms with Gasteiger partial charge in [-0.2, -0.15) is 0 Å². The number of pyridine rings is 1. The number of anilines is 1. The van der Waals surface area contributed by atoms with E-state index in [0.717, 1.165) is 0 Å². The molecular weight excluding hydrogens is 208 g/mol. The topological polar surface area (TPSA) is 106 Å². The minimum Gasteiger partial charge on any atom is -0.395 e. The Morgan fingerprint density at radius 3 is 2.50 bits per heavy atom. The second-order valence-electron chi connectivity index (χ2n) is 3.25. The van der Waals surface area contributed by atoms with Gasteiger partial charge >= 0.3 is 0 Å². The minimum absolute atomic E-state index is 0.0218. The quantitative estimate of drug-likeness (QED) is 0.372. The van der Waals surface area contributed by atoms with Crippen molar-refractivity contribution in [2.75, 3.05) is 31.2 Å². The molecule has 0 radical (unpaired) electrons. The summed E-state index contributed by atoms with van der Waals surface area (Å²) in [5.41, 5.74) is 5.94. The Kier molecular flexibility index (Phi) is 4.68. The zero-order valence-electron chi connectivity index (χ0n) is 8.93. The van der Waals surface area contributed by atoms with Crippen LogP contribution in [-0.4, -0.2) is 47.3 Å². The predicted octanol–water partition coefficient (Wildman–Crippen LogP) is -0.843. The molecule has 0 atom stereocenters. The summed E-state index contributed by atoms with van der Waals surface area (Å²) in [5, 5.41) is 25.1. The Morgan fingerprint density at radius 2 is 2.00 bits per heavy atom. The van der Waals surface area contributed by atoms with E-state index < -0.39 is 0 Å². The highest BCUT2D eigenvalue weighted by Crippen LogP contribution is 2.11. The number of hydrogen-bond acceptors (Lipinski definition) is 5. The highest BCUT2D eigenvalue weighted by atomic mass is 16.3. The Morgan fingerprint density at radius 1 is 1.38 bits per heavy atom. The molecule has 0 unspecified atom stereocenters. The van der Waals surface area contributed by atoms with Gasteiger partial charge in [0.25, 0.3) is 0 Å². The SMILES string of the molecule is N=C(N)c1ccnc(N(CCO)CCO)c1. The first-order valence-electron chi connectivity index (χ1n) is 4.96. The van der Waals surface area contributed by atoms with Crippen LogP contribution in [0.4, 0.5) is 5.82 Å². The molecule has 0 aromatic carbocycles. The number of nitrogen functional groups attached to an aromatic ring is 1. The van der Waals surface area contributed by atoms with Crippen LogP contribution >= 0.6 is 0 Å². The molecular formula is C10H16N4O2. The van der Waals surface area contributed by atoms with Gasteiger partial charge in [-0.3, -0.25) is 5.41 Å². The van der Waals surface area contributed by atoms with E-state index in [1.54, 1.807) is 23.2 Å². The maximum Gasteiger partial charge on any atom is 0.129 e. The molecule has 0 bridgehead atoms. The Hall–Kier alpha value is -1.66. The number of nitrogens with one attached hydrogen (secondary N) is 1. The first-order chi connectivity index (χ1) is 7.69. The van der Waals surface area contributed by atoms with Gasteiger partial charge in [-0.25, -0.2) is 4.98 Å². The fourth-order valence-corrected chi connectivity index (χ4v) is 1.34. The Balaban J connectivity index is 2.90. The van der Waals surface area contributed by atoms with E-state index in [-0.39, 0.29) is 19.0 Å². The number of nitrogens with zero attached hydrogens (tertiary/aromatic N) is 2. The third-order valence-electron chi connectivity index (χ3n) is 2.12. The highest BCUT2D eigenvalue weighted by Gasteiger charge is 2.08. The van der Waals surface area contributed by atoms with Crippen LogP contribution in [0.3, 0.4) is 0 Å². The number of aliphatic hydroxyl groups is 2. The van der Waals surface area contributed by atoms with Crippen molar-refractivity contribution in [3.05, 3.63) is 23.9 Å². The number of aliphatic hydroxyl groups excluding tert-OH is 2. The van der Waals surface area contributed by atoms with Gasteiger partial charge in [0.2, 0.25) is 0 Å². The van der Waals surface area contributed by atoms with Crippen LogP contribution in [0.15, 0.2) is 18.3 Å². The maximum absolute atomic E-state index is 8.89. The lowest BCUT2D eigenvalue weighted by molar-refractivity contribution is 0.280. The summed E-state index contributed by atoms with van der Waals surface area (Å²) in [5.74, 6) is 0.562. The summed E-state index contributed by atoms with van der Waals surface area (Å²) in [4.78, 5) is 5.84. The lowest BCUT2D eigenvalue weighted by Crippen LogP contribution is -2.30. The van der Waals surface area contributed by atoms with Gasteiger partial charge in [0, 0.05) is 24.8 Å². The van der Waals surface area contributed by atoms with Crippen LogP contribution in [0.5, 0.6) is 0 Å².